The summed E-state index contributed by atoms with van der Waals surface area (Å²) in [7, 11) is 0. The summed E-state index contributed by atoms with van der Waals surface area (Å²) in [5.74, 6) is -0.153. The normalized spacial score (nSPS) is 10.4. The SMILES string of the molecule is CC(=O)N(CCC(=O)Nc1c(C)cc(C)cc1C)c1ccccc1C. The van der Waals surface area contributed by atoms with Crippen molar-refractivity contribution in [3.8, 4) is 0 Å². The predicted molar refractivity (Wildman–Crippen MR) is 103 cm³/mol. The number of aryl methyl sites for hydroxylation is 4. The van der Waals surface area contributed by atoms with E-state index in [1.54, 1.807) is 4.90 Å². The van der Waals surface area contributed by atoms with E-state index in [9.17, 15) is 9.59 Å². The number of rotatable bonds is 5. The number of hydrogen-bond donors (Lipinski definition) is 1. The molecule has 1 N–H and O–H groups in total. The summed E-state index contributed by atoms with van der Waals surface area (Å²) in [6, 6.07) is 11.8. The van der Waals surface area contributed by atoms with Crippen molar-refractivity contribution in [3.63, 3.8) is 0 Å². The molecule has 4 nitrogen and oxygen atoms in total. The predicted octanol–water partition coefficient (Wildman–Crippen LogP) is 4.30. The Balaban J connectivity index is 2.08. The van der Waals surface area contributed by atoms with Gasteiger partial charge in [0.15, 0.2) is 0 Å². The first-order valence-corrected chi connectivity index (χ1v) is 8.51. The van der Waals surface area contributed by atoms with Gasteiger partial charge in [-0.05, 0) is 50.5 Å². The number of para-hydroxylation sites is 1. The molecule has 4 heteroatoms. The van der Waals surface area contributed by atoms with Crippen LogP contribution in [0.4, 0.5) is 11.4 Å². The zero-order valence-electron chi connectivity index (χ0n) is 15.6. The smallest absolute Gasteiger partial charge is 0.226 e. The van der Waals surface area contributed by atoms with E-state index in [4.69, 9.17) is 0 Å². The van der Waals surface area contributed by atoms with Crippen LogP contribution < -0.4 is 10.2 Å². The molecule has 0 atom stereocenters. The van der Waals surface area contributed by atoms with Crippen molar-refractivity contribution in [2.24, 2.45) is 0 Å². The maximum absolute atomic E-state index is 12.4. The Morgan fingerprint density at radius 1 is 0.960 bits per heavy atom. The number of carbonyl (C=O) groups is 2. The fourth-order valence-corrected chi connectivity index (χ4v) is 3.11. The minimum atomic E-state index is -0.0881. The van der Waals surface area contributed by atoms with E-state index in [-0.39, 0.29) is 18.2 Å². The van der Waals surface area contributed by atoms with Gasteiger partial charge in [-0.15, -0.1) is 0 Å². The fraction of sp³-hybridized carbons (Fsp3) is 0.333. The lowest BCUT2D eigenvalue weighted by Crippen LogP contribution is -2.32. The van der Waals surface area contributed by atoms with Crippen LogP contribution >= 0.6 is 0 Å². The minimum Gasteiger partial charge on any atom is -0.326 e. The van der Waals surface area contributed by atoms with Gasteiger partial charge in [-0.25, -0.2) is 0 Å². The lowest BCUT2D eigenvalue weighted by atomic mass is 10.0. The van der Waals surface area contributed by atoms with E-state index in [2.05, 4.69) is 17.4 Å². The van der Waals surface area contributed by atoms with Gasteiger partial charge in [-0.3, -0.25) is 9.59 Å². The molecule has 0 heterocycles. The molecule has 0 radical (unpaired) electrons. The summed E-state index contributed by atoms with van der Waals surface area (Å²) < 4.78 is 0. The number of benzene rings is 2. The molecule has 2 aromatic carbocycles. The van der Waals surface area contributed by atoms with Crippen LogP contribution in [0.1, 0.15) is 35.6 Å². The molecule has 0 spiro atoms. The zero-order valence-corrected chi connectivity index (χ0v) is 15.6. The summed E-state index contributed by atoms with van der Waals surface area (Å²) in [5.41, 5.74) is 6.01. The topological polar surface area (TPSA) is 49.4 Å². The second-order valence-electron chi connectivity index (χ2n) is 6.53. The van der Waals surface area contributed by atoms with E-state index < -0.39 is 0 Å². The van der Waals surface area contributed by atoms with Crippen LogP contribution in [0.25, 0.3) is 0 Å². The summed E-state index contributed by atoms with van der Waals surface area (Å²) in [4.78, 5) is 26.1. The Hall–Kier alpha value is -2.62. The van der Waals surface area contributed by atoms with E-state index >= 15 is 0 Å². The molecule has 0 aliphatic rings. The average molecular weight is 338 g/mol. The molecule has 132 valence electrons. The third-order valence-corrected chi connectivity index (χ3v) is 4.29. The Morgan fingerprint density at radius 3 is 2.12 bits per heavy atom. The van der Waals surface area contributed by atoms with Crippen molar-refractivity contribution >= 4 is 23.2 Å². The second-order valence-corrected chi connectivity index (χ2v) is 6.53. The number of amides is 2. The van der Waals surface area contributed by atoms with Gasteiger partial charge in [0, 0.05) is 31.3 Å². The third kappa shape index (κ3) is 4.69. The standard InChI is InChI=1S/C21H26N2O2/c1-14-12-16(3)21(17(4)13-14)22-20(25)10-11-23(18(5)24)19-9-7-6-8-15(19)2/h6-9,12-13H,10-11H2,1-5H3,(H,22,25). The first kappa shape index (κ1) is 18.7. The molecule has 0 fully saturated rings. The average Bonchev–Trinajstić information content (AvgIpc) is 2.52. The number of nitrogens with zero attached hydrogens (tertiary/aromatic N) is 1. The van der Waals surface area contributed by atoms with Gasteiger partial charge in [0.2, 0.25) is 11.8 Å². The van der Waals surface area contributed by atoms with Gasteiger partial charge in [0.25, 0.3) is 0 Å². The van der Waals surface area contributed by atoms with E-state index in [0.717, 1.165) is 28.1 Å². The highest BCUT2D eigenvalue weighted by Gasteiger charge is 2.16. The lowest BCUT2D eigenvalue weighted by Gasteiger charge is -2.23. The molecule has 2 amide bonds. The summed E-state index contributed by atoms with van der Waals surface area (Å²) >= 11 is 0. The Kier molecular flexibility index (Phi) is 5.97. The minimum absolute atomic E-state index is 0.0650. The van der Waals surface area contributed by atoms with Gasteiger partial charge in [0.05, 0.1) is 0 Å². The van der Waals surface area contributed by atoms with Crippen LogP contribution in [0.3, 0.4) is 0 Å². The number of carbonyl (C=O) groups excluding carboxylic acids is 2. The van der Waals surface area contributed by atoms with Crippen molar-refractivity contribution in [3.05, 3.63) is 58.7 Å². The Bertz CT molecular complexity index is 773. The molecule has 0 aliphatic carbocycles. The van der Waals surface area contributed by atoms with Gasteiger partial charge in [-0.2, -0.15) is 0 Å². The molecule has 0 bridgehead atoms. The van der Waals surface area contributed by atoms with Crippen molar-refractivity contribution in [1.29, 1.82) is 0 Å². The largest absolute Gasteiger partial charge is 0.326 e. The highest BCUT2D eigenvalue weighted by molar-refractivity contribution is 5.96. The highest BCUT2D eigenvalue weighted by Crippen LogP contribution is 2.23. The van der Waals surface area contributed by atoms with Crippen LogP contribution in [0.2, 0.25) is 0 Å². The van der Waals surface area contributed by atoms with Crippen LogP contribution in [0.15, 0.2) is 36.4 Å². The molecule has 2 rings (SSSR count). The fourth-order valence-electron chi connectivity index (χ4n) is 3.11. The maximum Gasteiger partial charge on any atom is 0.226 e. The Morgan fingerprint density at radius 2 is 1.56 bits per heavy atom. The Labute approximate surface area is 149 Å². The van der Waals surface area contributed by atoms with Gasteiger partial charge < -0.3 is 10.2 Å². The molecular weight excluding hydrogens is 312 g/mol. The first-order valence-electron chi connectivity index (χ1n) is 8.51. The van der Waals surface area contributed by atoms with Crippen molar-refractivity contribution in [1.82, 2.24) is 0 Å². The van der Waals surface area contributed by atoms with Gasteiger partial charge in [-0.1, -0.05) is 35.9 Å². The van der Waals surface area contributed by atoms with Gasteiger partial charge >= 0.3 is 0 Å². The molecule has 0 saturated carbocycles. The van der Waals surface area contributed by atoms with Crippen LogP contribution in [-0.2, 0) is 9.59 Å². The van der Waals surface area contributed by atoms with Crippen molar-refractivity contribution in [2.75, 3.05) is 16.8 Å². The summed E-state index contributed by atoms with van der Waals surface area (Å²) in [5, 5.41) is 2.99. The lowest BCUT2D eigenvalue weighted by molar-refractivity contribution is -0.117. The molecule has 0 aromatic heterocycles. The first-order chi connectivity index (χ1) is 11.8. The second kappa shape index (κ2) is 7.97. The molecule has 25 heavy (non-hydrogen) atoms. The molecule has 0 unspecified atom stereocenters. The molecule has 0 aliphatic heterocycles. The number of nitrogens with one attached hydrogen (secondary N) is 1. The molecule has 2 aromatic rings. The molecular formula is C21H26N2O2. The van der Waals surface area contributed by atoms with E-state index in [0.29, 0.717) is 6.54 Å². The van der Waals surface area contributed by atoms with Crippen LogP contribution in [0, 0.1) is 27.7 Å². The maximum atomic E-state index is 12.4. The van der Waals surface area contributed by atoms with Gasteiger partial charge in [0.1, 0.15) is 0 Å². The summed E-state index contributed by atoms with van der Waals surface area (Å²) in [6.07, 6.45) is 0.251. The quantitative estimate of drug-likeness (QED) is 0.883. The highest BCUT2D eigenvalue weighted by atomic mass is 16.2. The van der Waals surface area contributed by atoms with Crippen molar-refractivity contribution in [2.45, 2.75) is 41.0 Å². The van der Waals surface area contributed by atoms with Crippen LogP contribution in [0.5, 0.6) is 0 Å². The van der Waals surface area contributed by atoms with Crippen LogP contribution in [-0.4, -0.2) is 18.4 Å². The number of anilines is 2. The van der Waals surface area contributed by atoms with Crippen molar-refractivity contribution < 1.29 is 9.59 Å². The zero-order chi connectivity index (χ0) is 18.6. The van der Waals surface area contributed by atoms with E-state index in [1.807, 2.05) is 52.0 Å². The third-order valence-electron chi connectivity index (χ3n) is 4.29. The molecule has 0 saturated heterocycles. The van der Waals surface area contributed by atoms with E-state index in [1.165, 1.54) is 12.5 Å². The number of hydrogen-bond acceptors (Lipinski definition) is 2. The monoisotopic (exact) mass is 338 g/mol. The summed E-state index contributed by atoms with van der Waals surface area (Å²) in [6.45, 7) is 9.87.